The van der Waals surface area contributed by atoms with Crippen LogP contribution in [0.3, 0.4) is 0 Å². The monoisotopic (exact) mass is 487 g/mol. The second kappa shape index (κ2) is 11.2. The lowest BCUT2D eigenvalue weighted by Crippen LogP contribution is -2.50. The normalized spacial score (nSPS) is 16.4. The van der Waals surface area contributed by atoms with Gasteiger partial charge in [0.1, 0.15) is 10.8 Å². The maximum absolute atomic E-state index is 12.9. The minimum atomic E-state index is -0.234. The summed E-state index contributed by atoms with van der Waals surface area (Å²) in [6.07, 6.45) is 6.72. The van der Waals surface area contributed by atoms with Crippen molar-refractivity contribution in [1.29, 1.82) is 0 Å². The van der Waals surface area contributed by atoms with E-state index in [1.54, 1.807) is 18.4 Å². The first kappa shape index (κ1) is 23.8. The zero-order valence-electron chi connectivity index (χ0n) is 19.5. The van der Waals surface area contributed by atoms with Gasteiger partial charge in [0.15, 0.2) is 5.11 Å². The minimum absolute atomic E-state index is 0.234. The summed E-state index contributed by atoms with van der Waals surface area (Å²) < 4.78 is 11.0. The van der Waals surface area contributed by atoms with Crippen LogP contribution in [-0.4, -0.2) is 55.9 Å². The van der Waals surface area contributed by atoms with Crippen LogP contribution >= 0.6 is 23.6 Å². The van der Waals surface area contributed by atoms with Gasteiger partial charge in [-0.3, -0.25) is 0 Å². The van der Waals surface area contributed by atoms with Crippen LogP contribution in [0.1, 0.15) is 53.4 Å². The van der Waals surface area contributed by atoms with Crippen molar-refractivity contribution in [3.8, 4) is 5.75 Å². The lowest BCUT2D eigenvalue weighted by atomic mass is 9.96. The average Bonchev–Trinajstić information content (AvgIpc) is 3.15. The first-order valence-electron chi connectivity index (χ1n) is 11.9. The lowest BCUT2D eigenvalue weighted by molar-refractivity contribution is 0.0526. The first-order chi connectivity index (χ1) is 16.1. The molecule has 0 radical (unpaired) electrons. The van der Waals surface area contributed by atoms with Gasteiger partial charge in [-0.05, 0) is 62.5 Å². The molecule has 2 aromatic rings. The van der Waals surface area contributed by atoms with E-state index in [0.717, 1.165) is 61.9 Å². The number of ether oxygens (including phenoxy) is 2. The van der Waals surface area contributed by atoms with Crippen molar-refractivity contribution in [2.45, 2.75) is 45.4 Å². The van der Waals surface area contributed by atoms with Crippen LogP contribution in [0.2, 0.25) is 0 Å². The number of hydrogen-bond acceptors (Lipinski definition) is 6. The maximum Gasteiger partial charge on any atom is 0.341 e. The Morgan fingerprint density at radius 1 is 1.09 bits per heavy atom. The number of esters is 1. The molecular formula is C25H33N3O3S2. The topological polar surface area (TPSA) is 54.0 Å². The zero-order chi connectivity index (χ0) is 23.2. The summed E-state index contributed by atoms with van der Waals surface area (Å²) in [6, 6.07) is 8.12. The van der Waals surface area contributed by atoms with Gasteiger partial charge in [-0.15, -0.1) is 11.3 Å². The molecule has 0 atom stereocenters. The van der Waals surface area contributed by atoms with Gasteiger partial charge in [-0.25, -0.2) is 4.79 Å². The summed E-state index contributed by atoms with van der Waals surface area (Å²) in [7, 11) is 1.71. The highest BCUT2D eigenvalue weighted by Crippen LogP contribution is 2.38. The fourth-order valence-corrected chi connectivity index (χ4v) is 6.27. The van der Waals surface area contributed by atoms with E-state index in [1.807, 2.05) is 25.1 Å². The molecule has 0 saturated carbocycles. The van der Waals surface area contributed by atoms with Crippen molar-refractivity contribution in [3.63, 3.8) is 0 Å². The highest BCUT2D eigenvalue weighted by molar-refractivity contribution is 7.80. The summed E-state index contributed by atoms with van der Waals surface area (Å²) in [4.78, 5) is 18.7. The second-order valence-corrected chi connectivity index (χ2v) is 9.91. The molecule has 0 bridgehead atoms. The fourth-order valence-electron chi connectivity index (χ4n) is 4.64. The third-order valence-corrected chi connectivity index (χ3v) is 7.93. The Morgan fingerprint density at radius 2 is 1.82 bits per heavy atom. The molecule has 1 aromatic heterocycles. The molecule has 1 fully saturated rings. The Labute approximate surface area is 205 Å². The van der Waals surface area contributed by atoms with Crippen molar-refractivity contribution >= 4 is 45.3 Å². The number of fused-ring (bicyclic) bond motifs is 1. The number of piperazine rings is 1. The number of benzene rings is 1. The Bertz CT molecular complexity index is 983. The van der Waals surface area contributed by atoms with Crippen molar-refractivity contribution in [1.82, 2.24) is 4.90 Å². The Hall–Kier alpha value is -2.32. The molecule has 1 aliphatic carbocycles. The number of aryl methyl sites for hydroxylation is 1. The molecule has 4 rings (SSSR count). The number of nitrogens with one attached hydrogen (secondary N) is 1. The largest absolute Gasteiger partial charge is 0.495 e. The molecule has 178 valence electrons. The van der Waals surface area contributed by atoms with Gasteiger partial charge in [-0.2, -0.15) is 0 Å². The Morgan fingerprint density at radius 3 is 2.55 bits per heavy atom. The number of carbonyl (C=O) groups is 1. The van der Waals surface area contributed by atoms with Crippen LogP contribution in [-0.2, 0) is 17.6 Å². The fraction of sp³-hybridized carbons (Fsp3) is 0.520. The van der Waals surface area contributed by atoms with Crippen molar-refractivity contribution in [2.75, 3.05) is 50.1 Å². The summed E-state index contributed by atoms with van der Waals surface area (Å²) in [5.41, 5.74) is 2.99. The van der Waals surface area contributed by atoms with Gasteiger partial charge in [0.25, 0.3) is 0 Å². The predicted molar refractivity (Wildman–Crippen MR) is 139 cm³/mol. The molecule has 2 heterocycles. The number of nitrogens with zero attached hydrogens (tertiary/aromatic N) is 2. The smallest absolute Gasteiger partial charge is 0.341 e. The predicted octanol–water partition coefficient (Wildman–Crippen LogP) is 5.11. The summed E-state index contributed by atoms with van der Waals surface area (Å²) in [5, 5.41) is 4.95. The van der Waals surface area contributed by atoms with Crippen LogP contribution in [0.25, 0.3) is 0 Å². The zero-order valence-corrected chi connectivity index (χ0v) is 21.2. The molecule has 0 spiro atoms. The number of methoxy groups -OCH3 is 1. The molecule has 1 aliphatic heterocycles. The van der Waals surface area contributed by atoms with E-state index in [4.69, 9.17) is 21.7 Å². The number of para-hydroxylation sites is 2. The van der Waals surface area contributed by atoms with Crippen molar-refractivity contribution in [2.24, 2.45) is 0 Å². The molecule has 33 heavy (non-hydrogen) atoms. The van der Waals surface area contributed by atoms with Gasteiger partial charge < -0.3 is 24.6 Å². The lowest BCUT2D eigenvalue weighted by Gasteiger charge is -2.37. The third-order valence-electron chi connectivity index (χ3n) is 6.36. The third kappa shape index (κ3) is 5.44. The molecule has 1 saturated heterocycles. The van der Waals surface area contributed by atoms with Crippen LogP contribution in [0.5, 0.6) is 5.75 Å². The van der Waals surface area contributed by atoms with Crippen molar-refractivity contribution in [3.05, 3.63) is 40.3 Å². The van der Waals surface area contributed by atoms with Crippen LogP contribution in [0, 0.1) is 0 Å². The number of hydrogen-bond donors (Lipinski definition) is 1. The number of rotatable bonds is 5. The quantitative estimate of drug-likeness (QED) is 0.464. The van der Waals surface area contributed by atoms with E-state index < -0.39 is 0 Å². The molecule has 1 N–H and O–H groups in total. The van der Waals surface area contributed by atoms with E-state index in [9.17, 15) is 4.79 Å². The standard InChI is InChI=1S/C25H33N3O3S2/c1-3-31-24(29)22-18-10-6-4-5-7-13-21(18)33-23(22)26-25(32)28-16-14-27(15-17-28)19-11-8-9-12-20(19)30-2/h8-9,11-12H,3-7,10,13-17H2,1-2H3,(H,26,32). The van der Waals surface area contributed by atoms with Gasteiger partial charge in [0.2, 0.25) is 0 Å². The minimum Gasteiger partial charge on any atom is -0.495 e. The van der Waals surface area contributed by atoms with Crippen LogP contribution < -0.4 is 15.0 Å². The first-order valence-corrected chi connectivity index (χ1v) is 13.1. The molecule has 8 heteroatoms. The summed E-state index contributed by atoms with van der Waals surface area (Å²) >= 11 is 7.47. The number of thiocarbonyl (C=S) groups is 1. The molecule has 0 unspecified atom stereocenters. The SMILES string of the molecule is CCOC(=O)c1c(NC(=S)N2CCN(c3ccccc3OC)CC2)sc2c1CCCCCC2. The van der Waals surface area contributed by atoms with E-state index in [0.29, 0.717) is 17.3 Å². The highest BCUT2D eigenvalue weighted by Gasteiger charge is 2.27. The number of carbonyl (C=O) groups excluding carboxylic acids is 1. The highest BCUT2D eigenvalue weighted by atomic mass is 32.1. The molecular weight excluding hydrogens is 454 g/mol. The molecule has 1 aromatic carbocycles. The Balaban J connectivity index is 1.47. The summed E-state index contributed by atoms with van der Waals surface area (Å²) in [5.74, 6) is 0.656. The molecule has 6 nitrogen and oxygen atoms in total. The van der Waals surface area contributed by atoms with Crippen LogP contribution in [0.4, 0.5) is 10.7 Å². The van der Waals surface area contributed by atoms with E-state index in [-0.39, 0.29) is 5.97 Å². The molecule has 2 aliphatic rings. The van der Waals surface area contributed by atoms with Crippen molar-refractivity contribution < 1.29 is 14.3 Å². The van der Waals surface area contributed by atoms with Gasteiger partial charge in [-0.1, -0.05) is 25.0 Å². The van der Waals surface area contributed by atoms with Crippen LogP contribution in [0.15, 0.2) is 24.3 Å². The number of anilines is 2. The second-order valence-electron chi connectivity index (χ2n) is 8.42. The van der Waals surface area contributed by atoms with Gasteiger partial charge in [0.05, 0.1) is 25.0 Å². The summed E-state index contributed by atoms with van der Waals surface area (Å²) in [6.45, 7) is 5.56. The maximum atomic E-state index is 12.9. The Kier molecular flexibility index (Phi) is 8.09. The number of thiophene rings is 1. The van der Waals surface area contributed by atoms with E-state index in [2.05, 4.69) is 21.2 Å². The van der Waals surface area contributed by atoms with E-state index >= 15 is 0 Å². The van der Waals surface area contributed by atoms with Gasteiger partial charge in [0, 0.05) is 31.1 Å². The van der Waals surface area contributed by atoms with Gasteiger partial charge >= 0.3 is 5.97 Å². The molecule has 0 amide bonds. The van der Waals surface area contributed by atoms with E-state index in [1.165, 1.54) is 29.7 Å². The average molecular weight is 488 g/mol.